The van der Waals surface area contributed by atoms with Crippen LogP contribution in [0, 0.1) is 11.8 Å². The van der Waals surface area contributed by atoms with Crippen LogP contribution >= 0.6 is 0 Å². The molecule has 2 heteroatoms. The standard InChI is InChI=1S/C16H14O2/c1-2-7-16(17)13-8-6-11-15(12-13)18-14-9-4-3-5-10-14/h3-6,8-12,16-17H,1H3. The van der Waals surface area contributed by atoms with E-state index in [1.54, 1.807) is 13.0 Å². The maximum atomic E-state index is 9.78. The van der Waals surface area contributed by atoms with Gasteiger partial charge in [-0.15, -0.1) is 5.92 Å². The smallest absolute Gasteiger partial charge is 0.140 e. The van der Waals surface area contributed by atoms with Crippen LogP contribution in [0.2, 0.25) is 0 Å². The summed E-state index contributed by atoms with van der Waals surface area (Å²) in [6.45, 7) is 1.70. The second-order valence-electron chi connectivity index (χ2n) is 3.78. The fourth-order valence-electron chi connectivity index (χ4n) is 1.59. The Labute approximate surface area is 107 Å². The number of hydrogen-bond acceptors (Lipinski definition) is 2. The third-order valence-corrected chi connectivity index (χ3v) is 2.43. The molecule has 0 saturated heterocycles. The van der Waals surface area contributed by atoms with Gasteiger partial charge in [-0.05, 0) is 36.8 Å². The first-order valence-electron chi connectivity index (χ1n) is 5.73. The van der Waals surface area contributed by atoms with E-state index in [4.69, 9.17) is 4.74 Å². The molecule has 1 unspecified atom stereocenters. The lowest BCUT2D eigenvalue weighted by atomic mass is 10.1. The molecule has 0 fully saturated rings. The van der Waals surface area contributed by atoms with Gasteiger partial charge < -0.3 is 9.84 Å². The van der Waals surface area contributed by atoms with Crippen molar-refractivity contribution >= 4 is 0 Å². The van der Waals surface area contributed by atoms with E-state index in [-0.39, 0.29) is 0 Å². The molecule has 1 atom stereocenters. The molecular weight excluding hydrogens is 224 g/mol. The minimum Gasteiger partial charge on any atom is -0.457 e. The van der Waals surface area contributed by atoms with Gasteiger partial charge in [0.15, 0.2) is 0 Å². The molecule has 2 rings (SSSR count). The highest BCUT2D eigenvalue weighted by Crippen LogP contribution is 2.24. The molecule has 2 nitrogen and oxygen atoms in total. The molecule has 0 amide bonds. The Bertz CT molecular complexity index is 564. The van der Waals surface area contributed by atoms with Gasteiger partial charge in [0.2, 0.25) is 0 Å². The Balaban J connectivity index is 2.19. The second-order valence-corrected chi connectivity index (χ2v) is 3.78. The van der Waals surface area contributed by atoms with E-state index < -0.39 is 6.10 Å². The van der Waals surface area contributed by atoms with Crippen molar-refractivity contribution in [1.82, 2.24) is 0 Å². The fourth-order valence-corrected chi connectivity index (χ4v) is 1.59. The minimum absolute atomic E-state index is 0.690. The van der Waals surface area contributed by atoms with Gasteiger partial charge in [-0.3, -0.25) is 0 Å². The van der Waals surface area contributed by atoms with Crippen molar-refractivity contribution < 1.29 is 9.84 Å². The highest BCUT2D eigenvalue weighted by molar-refractivity contribution is 5.36. The van der Waals surface area contributed by atoms with Gasteiger partial charge in [-0.2, -0.15) is 0 Å². The summed E-state index contributed by atoms with van der Waals surface area (Å²) in [5.74, 6) is 6.86. The lowest BCUT2D eigenvalue weighted by Gasteiger charge is -2.08. The molecule has 0 aromatic heterocycles. The van der Waals surface area contributed by atoms with Crippen molar-refractivity contribution in [2.24, 2.45) is 0 Å². The average Bonchev–Trinajstić information content (AvgIpc) is 2.40. The second kappa shape index (κ2) is 5.90. The predicted octanol–water partition coefficient (Wildman–Crippen LogP) is 3.54. The average molecular weight is 238 g/mol. The van der Waals surface area contributed by atoms with Gasteiger partial charge in [0.1, 0.15) is 17.6 Å². The Morgan fingerprint density at radius 3 is 2.44 bits per heavy atom. The Morgan fingerprint density at radius 1 is 1.00 bits per heavy atom. The first-order chi connectivity index (χ1) is 8.79. The molecule has 0 aliphatic carbocycles. The Hall–Kier alpha value is -2.24. The normalized spacial score (nSPS) is 11.2. The molecule has 2 aromatic carbocycles. The lowest BCUT2D eigenvalue weighted by molar-refractivity contribution is 0.238. The quantitative estimate of drug-likeness (QED) is 0.829. The van der Waals surface area contributed by atoms with E-state index in [0.717, 1.165) is 11.3 Å². The summed E-state index contributed by atoms with van der Waals surface area (Å²) in [4.78, 5) is 0. The topological polar surface area (TPSA) is 29.5 Å². The molecule has 0 saturated carbocycles. The van der Waals surface area contributed by atoms with E-state index in [0.29, 0.717) is 5.75 Å². The minimum atomic E-state index is -0.769. The molecule has 0 aliphatic heterocycles. The van der Waals surface area contributed by atoms with E-state index in [1.165, 1.54) is 0 Å². The van der Waals surface area contributed by atoms with Gasteiger partial charge in [0, 0.05) is 0 Å². The number of aliphatic hydroxyl groups excluding tert-OH is 1. The van der Waals surface area contributed by atoms with Gasteiger partial charge in [-0.1, -0.05) is 36.3 Å². The van der Waals surface area contributed by atoms with E-state index in [2.05, 4.69) is 11.8 Å². The molecule has 0 bridgehead atoms. The van der Waals surface area contributed by atoms with E-state index >= 15 is 0 Å². The maximum absolute atomic E-state index is 9.78. The molecule has 1 N–H and O–H groups in total. The lowest BCUT2D eigenvalue weighted by Crippen LogP contribution is -1.94. The summed E-state index contributed by atoms with van der Waals surface area (Å²) in [5, 5.41) is 9.78. The largest absolute Gasteiger partial charge is 0.457 e. The first-order valence-corrected chi connectivity index (χ1v) is 5.73. The van der Waals surface area contributed by atoms with Crippen LogP contribution in [-0.4, -0.2) is 5.11 Å². The number of benzene rings is 2. The summed E-state index contributed by atoms with van der Waals surface area (Å²) >= 11 is 0. The molecule has 2 aromatic rings. The van der Waals surface area contributed by atoms with Crippen LogP contribution < -0.4 is 4.74 Å². The highest BCUT2D eigenvalue weighted by Gasteiger charge is 2.05. The highest BCUT2D eigenvalue weighted by atomic mass is 16.5. The van der Waals surface area contributed by atoms with Crippen LogP contribution in [0.1, 0.15) is 18.6 Å². The third kappa shape index (κ3) is 3.13. The summed E-state index contributed by atoms with van der Waals surface area (Å²) in [5.41, 5.74) is 0.734. The summed E-state index contributed by atoms with van der Waals surface area (Å²) in [7, 11) is 0. The van der Waals surface area contributed by atoms with Crippen LogP contribution in [0.3, 0.4) is 0 Å². The van der Waals surface area contributed by atoms with Crippen LogP contribution in [0.25, 0.3) is 0 Å². The van der Waals surface area contributed by atoms with Crippen molar-refractivity contribution in [3.63, 3.8) is 0 Å². The fraction of sp³-hybridized carbons (Fsp3) is 0.125. The Kier molecular flexibility index (Phi) is 4.01. The van der Waals surface area contributed by atoms with E-state index in [1.807, 2.05) is 48.5 Å². The molecule has 90 valence electrons. The molecular formula is C16H14O2. The zero-order valence-corrected chi connectivity index (χ0v) is 10.1. The van der Waals surface area contributed by atoms with Crippen LogP contribution in [0.4, 0.5) is 0 Å². The summed E-state index contributed by atoms with van der Waals surface area (Å²) in [6.07, 6.45) is -0.769. The first kappa shape index (κ1) is 12.2. The molecule has 0 spiro atoms. The van der Waals surface area contributed by atoms with Crippen molar-refractivity contribution in [3.8, 4) is 23.3 Å². The zero-order chi connectivity index (χ0) is 12.8. The van der Waals surface area contributed by atoms with Crippen molar-refractivity contribution in [2.45, 2.75) is 13.0 Å². The summed E-state index contributed by atoms with van der Waals surface area (Å²) in [6, 6.07) is 16.8. The number of hydrogen-bond donors (Lipinski definition) is 1. The summed E-state index contributed by atoms with van der Waals surface area (Å²) < 4.78 is 5.69. The van der Waals surface area contributed by atoms with Crippen LogP contribution in [0.5, 0.6) is 11.5 Å². The van der Waals surface area contributed by atoms with Crippen LogP contribution in [-0.2, 0) is 0 Å². The van der Waals surface area contributed by atoms with Gasteiger partial charge in [-0.25, -0.2) is 0 Å². The number of aliphatic hydroxyl groups is 1. The van der Waals surface area contributed by atoms with Crippen LogP contribution in [0.15, 0.2) is 54.6 Å². The van der Waals surface area contributed by atoms with Gasteiger partial charge >= 0.3 is 0 Å². The van der Waals surface area contributed by atoms with E-state index in [9.17, 15) is 5.11 Å². The third-order valence-electron chi connectivity index (χ3n) is 2.43. The van der Waals surface area contributed by atoms with Crippen molar-refractivity contribution in [1.29, 1.82) is 0 Å². The zero-order valence-electron chi connectivity index (χ0n) is 10.1. The van der Waals surface area contributed by atoms with Crippen molar-refractivity contribution in [2.75, 3.05) is 0 Å². The van der Waals surface area contributed by atoms with Gasteiger partial charge in [0.25, 0.3) is 0 Å². The Morgan fingerprint density at radius 2 is 1.72 bits per heavy atom. The monoisotopic (exact) mass is 238 g/mol. The number of rotatable bonds is 3. The molecule has 18 heavy (non-hydrogen) atoms. The van der Waals surface area contributed by atoms with Crippen molar-refractivity contribution in [3.05, 3.63) is 60.2 Å². The predicted molar refractivity (Wildman–Crippen MR) is 71.4 cm³/mol. The molecule has 0 radical (unpaired) electrons. The maximum Gasteiger partial charge on any atom is 0.140 e. The number of ether oxygens (including phenoxy) is 1. The molecule has 0 heterocycles. The SMILES string of the molecule is CC#CC(O)c1cccc(Oc2ccccc2)c1. The van der Waals surface area contributed by atoms with Gasteiger partial charge in [0.05, 0.1) is 0 Å². The molecule has 0 aliphatic rings. The number of para-hydroxylation sites is 1.